The minimum atomic E-state index is -0.987. The van der Waals surface area contributed by atoms with Crippen molar-refractivity contribution in [3.8, 4) is 11.5 Å². The Labute approximate surface area is 189 Å². The zero-order valence-electron chi connectivity index (χ0n) is 19.3. The van der Waals surface area contributed by atoms with Crippen LogP contribution in [0.4, 0.5) is 0 Å². The minimum absolute atomic E-state index is 0.00549. The topological polar surface area (TPSA) is 77.9 Å². The van der Waals surface area contributed by atoms with E-state index >= 15 is 0 Å². The van der Waals surface area contributed by atoms with E-state index in [1.54, 1.807) is 13.1 Å². The molecule has 0 saturated carbocycles. The van der Waals surface area contributed by atoms with Gasteiger partial charge in [0.25, 0.3) is 0 Å². The van der Waals surface area contributed by atoms with E-state index in [2.05, 4.69) is 24.9 Å². The lowest BCUT2D eigenvalue weighted by Gasteiger charge is -2.20. The summed E-state index contributed by atoms with van der Waals surface area (Å²) in [5, 5.41) is 10.4. The Morgan fingerprint density at radius 2 is 1.84 bits per heavy atom. The molecule has 0 aliphatic heterocycles. The van der Waals surface area contributed by atoms with Crippen LogP contribution >= 0.6 is 0 Å². The van der Waals surface area contributed by atoms with Crippen molar-refractivity contribution in [2.75, 3.05) is 6.61 Å². The van der Waals surface area contributed by atoms with Gasteiger partial charge in [-0.15, -0.1) is 0 Å². The summed E-state index contributed by atoms with van der Waals surface area (Å²) >= 11 is 0. The molecule has 1 unspecified atom stereocenters. The number of para-hydroxylation sites is 1. The van der Waals surface area contributed by atoms with Crippen LogP contribution in [0.15, 0.2) is 42.6 Å². The number of aryl methyl sites for hydroxylation is 2. The highest BCUT2D eigenvalue weighted by Crippen LogP contribution is 2.34. The van der Waals surface area contributed by atoms with Gasteiger partial charge in [-0.05, 0) is 63.4 Å². The number of carbonyl (C=O) groups is 1. The Kier molecular flexibility index (Phi) is 7.70. The Bertz CT molecular complexity index is 1090. The summed E-state index contributed by atoms with van der Waals surface area (Å²) in [5.74, 6) is 0.412. The van der Waals surface area contributed by atoms with Gasteiger partial charge in [0, 0.05) is 24.6 Å². The van der Waals surface area contributed by atoms with Crippen molar-refractivity contribution in [3.05, 3.63) is 64.8 Å². The number of nitrogens with zero attached hydrogens (tertiary/aromatic N) is 1. The van der Waals surface area contributed by atoms with E-state index < -0.39 is 12.1 Å². The van der Waals surface area contributed by atoms with Crippen LogP contribution in [0.5, 0.6) is 11.5 Å². The van der Waals surface area contributed by atoms with E-state index in [-0.39, 0.29) is 19.1 Å². The predicted molar refractivity (Wildman–Crippen MR) is 125 cm³/mol. The zero-order chi connectivity index (χ0) is 23.3. The number of rotatable bonds is 10. The van der Waals surface area contributed by atoms with E-state index in [0.29, 0.717) is 12.4 Å². The molecule has 0 aliphatic rings. The highest BCUT2D eigenvalue weighted by Gasteiger charge is 2.21. The number of aromatic nitrogens is 1. The molecular weight excluding hydrogens is 406 g/mol. The largest absolute Gasteiger partial charge is 0.490 e. The molecule has 0 saturated heterocycles. The highest BCUT2D eigenvalue weighted by molar-refractivity contribution is 5.90. The second-order valence-corrected chi connectivity index (χ2v) is 8.06. The average Bonchev–Trinajstić information content (AvgIpc) is 2.75. The molecule has 2 aromatic carbocycles. The number of pyridine rings is 1. The van der Waals surface area contributed by atoms with Gasteiger partial charge >= 0.3 is 5.97 Å². The SMILES string of the molecule is CCOC(Cc1ccccc1OCc1cnc2ccc(C)c(C)c2c1OC(C)C)C(=O)O. The Balaban J connectivity index is 1.93. The number of aliphatic carboxylic acids is 1. The number of hydrogen-bond acceptors (Lipinski definition) is 5. The van der Waals surface area contributed by atoms with Gasteiger partial charge in [0.1, 0.15) is 18.1 Å². The highest BCUT2D eigenvalue weighted by atomic mass is 16.5. The van der Waals surface area contributed by atoms with Gasteiger partial charge in [-0.3, -0.25) is 4.98 Å². The van der Waals surface area contributed by atoms with Crippen molar-refractivity contribution < 1.29 is 24.1 Å². The first-order chi connectivity index (χ1) is 15.3. The molecule has 1 atom stereocenters. The van der Waals surface area contributed by atoms with Crippen LogP contribution in [0.3, 0.4) is 0 Å². The second-order valence-electron chi connectivity index (χ2n) is 8.06. The van der Waals surface area contributed by atoms with Gasteiger partial charge in [-0.25, -0.2) is 4.79 Å². The monoisotopic (exact) mass is 437 g/mol. The molecule has 0 aliphatic carbocycles. The third-order valence-corrected chi connectivity index (χ3v) is 5.35. The number of carboxylic acid groups (broad SMARTS) is 1. The molecule has 6 nitrogen and oxygen atoms in total. The smallest absolute Gasteiger partial charge is 0.333 e. The fourth-order valence-electron chi connectivity index (χ4n) is 3.62. The summed E-state index contributed by atoms with van der Waals surface area (Å²) in [6.07, 6.45) is 1.09. The Morgan fingerprint density at radius 1 is 1.09 bits per heavy atom. The van der Waals surface area contributed by atoms with E-state index in [1.807, 2.05) is 44.2 Å². The zero-order valence-corrected chi connectivity index (χ0v) is 19.3. The molecule has 3 aromatic rings. The molecule has 0 amide bonds. The van der Waals surface area contributed by atoms with Gasteiger partial charge in [0.2, 0.25) is 0 Å². The normalized spacial score (nSPS) is 12.2. The van der Waals surface area contributed by atoms with Crippen LogP contribution in [0.25, 0.3) is 10.9 Å². The summed E-state index contributed by atoms with van der Waals surface area (Å²) in [6.45, 7) is 10.5. The van der Waals surface area contributed by atoms with Gasteiger partial charge in [0.05, 0.1) is 17.2 Å². The van der Waals surface area contributed by atoms with Crippen LogP contribution in [0.1, 0.15) is 43.0 Å². The number of fused-ring (bicyclic) bond motifs is 1. The molecule has 0 bridgehead atoms. The van der Waals surface area contributed by atoms with Gasteiger partial charge < -0.3 is 19.3 Å². The third-order valence-electron chi connectivity index (χ3n) is 5.35. The molecule has 1 aromatic heterocycles. The summed E-state index contributed by atoms with van der Waals surface area (Å²) in [7, 11) is 0. The predicted octanol–water partition coefficient (Wildman–Crippen LogP) is 5.25. The van der Waals surface area contributed by atoms with Crippen LogP contribution in [0, 0.1) is 13.8 Å². The van der Waals surface area contributed by atoms with Crippen molar-refractivity contribution in [3.63, 3.8) is 0 Å². The molecule has 0 fully saturated rings. The standard InChI is InChI=1S/C26H31NO5/c1-6-30-23(26(28)29)13-19-9-7-8-10-22(19)31-15-20-14-27-21-12-11-17(4)18(5)24(21)25(20)32-16(2)3/h7-12,14,16,23H,6,13,15H2,1-5H3,(H,28,29). The lowest BCUT2D eigenvalue weighted by Crippen LogP contribution is -2.26. The number of ether oxygens (including phenoxy) is 3. The van der Waals surface area contributed by atoms with E-state index in [9.17, 15) is 9.90 Å². The first-order valence-corrected chi connectivity index (χ1v) is 10.9. The van der Waals surface area contributed by atoms with Crippen molar-refractivity contribution in [2.45, 2.75) is 59.9 Å². The van der Waals surface area contributed by atoms with Crippen LogP contribution in [-0.4, -0.2) is 34.9 Å². The number of benzene rings is 2. The third kappa shape index (κ3) is 5.37. The molecule has 0 spiro atoms. The van der Waals surface area contributed by atoms with Crippen molar-refractivity contribution in [1.29, 1.82) is 0 Å². The lowest BCUT2D eigenvalue weighted by molar-refractivity contribution is -0.149. The summed E-state index contributed by atoms with van der Waals surface area (Å²) in [5.41, 5.74) is 4.81. The second kappa shape index (κ2) is 10.5. The van der Waals surface area contributed by atoms with Crippen molar-refractivity contribution in [2.24, 2.45) is 0 Å². The maximum Gasteiger partial charge on any atom is 0.333 e. The first-order valence-electron chi connectivity index (χ1n) is 10.9. The van der Waals surface area contributed by atoms with Crippen molar-refractivity contribution >= 4 is 16.9 Å². The Morgan fingerprint density at radius 3 is 2.53 bits per heavy atom. The molecule has 1 heterocycles. The maximum absolute atomic E-state index is 11.5. The van der Waals surface area contributed by atoms with Crippen LogP contribution < -0.4 is 9.47 Å². The fourth-order valence-corrected chi connectivity index (χ4v) is 3.62. The average molecular weight is 438 g/mol. The van der Waals surface area contributed by atoms with E-state index in [1.165, 1.54) is 5.56 Å². The van der Waals surface area contributed by atoms with Gasteiger partial charge in [0.15, 0.2) is 6.10 Å². The lowest BCUT2D eigenvalue weighted by atomic mass is 10.0. The molecular formula is C26H31NO5. The maximum atomic E-state index is 11.5. The van der Waals surface area contributed by atoms with E-state index in [0.717, 1.165) is 33.3 Å². The molecule has 1 N–H and O–H groups in total. The number of hydrogen-bond donors (Lipinski definition) is 1. The molecule has 0 radical (unpaired) electrons. The molecule has 6 heteroatoms. The Hall–Kier alpha value is -3.12. The van der Waals surface area contributed by atoms with Crippen LogP contribution in [0.2, 0.25) is 0 Å². The summed E-state index contributed by atoms with van der Waals surface area (Å²) in [4.78, 5) is 16.1. The van der Waals surface area contributed by atoms with Gasteiger partial charge in [-0.1, -0.05) is 24.3 Å². The molecule has 3 rings (SSSR count). The van der Waals surface area contributed by atoms with Crippen molar-refractivity contribution in [1.82, 2.24) is 4.98 Å². The van der Waals surface area contributed by atoms with E-state index in [4.69, 9.17) is 14.2 Å². The quantitative estimate of drug-likeness (QED) is 0.467. The minimum Gasteiger partial charge on any atom is -0.490 e. The summed E-state index contributed by atoms with van der Waals surface area (Å²) < 4.78 is 17.8. The molecule has 32 heavy (non-hydrogen) atoms. The first kappa shape index (κ1) is 23.5. The van der Waals surface area contributed by atoms with Gasteiger partial charge in [-0.2, -0.15) is 0 Å². The fraction of sp³-hybridized carbons (Fsp3) is 0.385. The molecule has 170 valence electrons. The number of carboxylic acids is 1. The van der Waals surface area contributed by atoms with Crippen LogP contribution in [-0.2, 0) is 22.6 Å². The summed E-state index contributed by atoms with van der Waals surface area (Å²) in [6, 6.07) is 11.5.